The minimum atomic E-state index is 0.872. The summed E-state index contributed by atoms with van der Waals surface area (Å²) in [4.78, 5) is 7.80. The molecule has 0 aromatic rings. The molecule has 0 aromatic carbocycles. The Hall–Kier alpha value is -0.120. The van der Waals surface area contributed by atoms with Crippen molar-refractivity contribution in [3.05, 3.63) is 0 Å². The van der Waals surface area contributed by atoms with E-state index in [1.165, 1.54) is 52.0 Å². The summed E-state index contributed by atoms with van der Waals surface area (Å²) < 4.78 is 0. The minimum Gasteiger partial charge on any atom is -0.306 e. The van der Waals surface area contributed by atoms with Crippen molar-refractivity contribution in [1.29, 1.82) is 0 Å². The molecule has 3 aliphatic rings. The largest absolute Gasteiger partial charge is 0.306 e. The molecule has 2 unspecified atom stereocenters. The van der Waals surface area contributed by atoms with Gasteiger partial charge >= 0.3 is 0 Å². The molecule has 0 radical (unpaired) electrons. The number of piperidine rings is 1. The van der Waals surface area contributed by atoms with Crippen molar-refractivity contribution in [3.63, 3.8) is 0 Å². The van der Waals surface area contributed by atoms with Crippen LogP contribution in [0, 0.1) is 5.92 Å². The molecule has 0 saturated carbocycles. The molecule has 3 nitrogen and oxygen atoms in total. The topological polar surface area (TPSA) is 9.72 Å². The molecule has 0 amide bonds. The summed E-state index contributed by atoms with van der Waals surface area (Å²) in [5.41, 5.74) is 0. The quantitative estimate of drug-likeness (QED) is 0.683. The fourth-order valence-corrected chi connectivity index (χ4v) is 3.75. The van der Waals surface area contributed by atoms with Gasteiger partial charge in [0.1, 0.15) is 0 Å². The van der Waals surface area contributed by atoms with Crippen molar-refractivity contribution in [2.24, 2.45) is 5.92 Å². The third-order valence-corrected chi connectivity index (χ3v) is 4.96. The van der Waals surface area contributed by atoms with E-state index in [1.54, 1.807) is 0 Å². The van der Waals surface area contributed by atoms with Crippen molar-refractivity contribution in [2.75, 3.05) is 46.8 Å². The number of fused-ring (bicyclic) bond motifs is 2. The molecule has 3 heterocycles. The molecule has 0 spiro atoms. The molecule has 3 heteroatoms. The summed E-state index contributed by atoms with van der Waals surface area (Å²) in [6.45, 7) is 6.66. The van der Waals surface area contributed by atoms with Crippen molar-refractivity contribution in [2.45, 2.75) is 31.3 Å². The minimum absolute atomic E-state index is 0.872. The van der Waals surface area contributed by atoms with Crippen LogP contribution >= 0.6 is 0 Å². The highest BCUT2D eigenvalue weighted by molar-refractivity contribution is 4.98. The number of likely N-dealkylation sites (N-methyl/N-ethyl adjacent to an activating group) is 1. The second-order valence-electron chi connectivity index (χ2n) is 6.18. The smallest absolute Gasteiger partial charge is 0.0239 e. The van der Waals surface area contributed by atoms with Crippen LogP contribution in [0.15, 0.2) is 0 Å². The zero-order valence-electron chi connectivity index (χ0n) is 10.7. The second kappa shape index (κ2) is 4.28. The lowest BCUT2D eigenvalue weighted by molar-refractivity contribution is 0.108. The number of likely N-dealkylation sites (tertiary alicyclic amines) is 3. The van der Waals surface area contributed by atoms with Crippen molar-refractivity contribution in [3.8, 4) is 0 Å². The Balaban J connectivity index is 1.50. The highest BCUT2D eigenvalue weighted by Crippen LogP contribution is 2.31. The summed E-state index contributed by atoms with van der Waals surface area (Å²) >= 11 is 0. The van der Waals surface area contributed by atoms with Gasteiger partial charge in [-0.05, 0) is 52.4 Å². The van der Waals surface area contributed by atoms with Gasteiger partial charge in [0.15, 0.2) is 0 Å². The normalized spacial score (nSPS) is 38.6. The van der Waals surface area contributed by atoms with Crippen LogP contribution in [-0.4, -0.2) is 73.6 Å². The Morgan fingerprint density at radius 2 is 1.75 bits per heavy atom. The molecule has 3 aliphatic heterocycles. The van der Waals surface area contributed by atoms with Crippen LogP contribution in [0.5, 0.6) is 0 Å². The first-order chi connectivity index (χ1) is 7.72. The SMILES string of the molecule is CN1CCC(CN2CC3CC2CN3C)CC1. The van der Waals surface area contributed by atoms with Gasteiger partial charge in [0.25, 0.3) is 0 Å². The van der Waals surface area contributed by atoms with Crippen molar-refractivity contribution < 1.29 is 0 Å². The van der Waals surface area contributed by atoms with Gasteiger partial charge in [0, 0.05) is 31.7 Å². The van der Waals surface area contributed by atoms with Gasteiger partial charge in [-0.2, -0.15) is 0 Å². The van der Waals surface area contributed by atoms with Crippen LogP contribution in [0.25, 0.3) is 0 Å². The third kappa shape index (κ3) is 2.01. The van der Waals surface area contributed by atoms with Gasteiger partial charge in [-0.3, -0.25) is 4.90 Å². The van der Waals surface area contributed by atoms with Crippen LogP contribution < -0.4 is 0 Å². The first-order valence-electron chi connectivity index (χ1n) is 6.85. The molecule has 3 fully saturated rings. The highest BCUT2D eigenvalue weighted by atomic mass is 15.3. The molecule has 0 aromatic heterocycles. The summed E-state index contributed by atoms with van der Waals surface area (Å²) in [5.74, 6) is 0.973. The van der Waals surface area contributed by atoms with Crippen LogP contribution in [0.2, 0.25) is 0 Å². The molecule has 0 aliphatic carbocycles. The zero-order valence-corrected chi connectivity index (χ0v) is 10.7. The average Bonchev–Trinajstić information content (AvgIpc) is 2.80. The summed E-state index contributed by atoms with van der Waals surface area (Å²) in [6.07, 6.45) is 4.27. The van der Waals surface area contributed by atoms with E-state index >= 15 is 0 Å². The summed E-state index contributed by atoms with van der Waals surface area (Å²) in [5, 5.41) is 0. The molecular formula is C13H25N3. The predicted octanol–water partition coefficient (Wildman–Crippen LogP) is 0.717. The monoisotopic (exact) mass is 223 g/mol. The molecule has 2 atom stereocenters. The lowest BCUT2D eigenvalue weighted by Crippen LogP contribution is -2.47. The van der Waals surface area contributed by atoms with E-state index in [4.69, 9.17) is 0 Å². The van der Waals surface area contributed by atoms with Crippen molar-refractivity contribution >= 4 is 0 Å². The number of piperazine rings is 1. The Morgan fingerprint density at radius 3 is 2.31 bits per heavy atom. The van der Waals surface area contributed by atoms with E-state index in [0.717, 1.165) is 18.0 Å². The van der Waals surface area contributed by atoms with Crippen molar-refractivity contribution in [1.82, 2.24) is 14.7 Å². The molecule has 3 rings (SSSR count). The maximum atomic E-state index is 2.78. The number of hydrogen-bond donors (Lipinski definition) is 0. The van der Waals surface area contributed by atoms with Gasteiger partial charge < -0.3 is 9.80 Å². The Labute approximate surface area is 99.4 Å². The Kier molecular flexibility index (Phi) is 2.94. The molecule has 3 saturated heterocycles. The first-order valence-corrected chi connectivity index (χ1v) is 6.85. The molecule has 2 bridgehead atoms. The zero-order chi connectivity index (χ0) is 11.1. The van der Waals surface area contributed by atoms with Gasteiger partial charge in [0.2, 0.25) is 0 Å². The summed E-state index contributed by atoms with van der Waals surface area (Å²) in [6, 6.07) is 1.76. The van der Waals surface area contributed by atoms with Gasteiger partial charge in [-0.15, -0.1) is 0 Å². The summed E-state index contributed by atoms with van der Waals surface area (Å²) in [7, 11) is 4.54. The Bertz CT molecular complexity index is 246. The third-order valence-electron chi connectivity index (χ3n) is 4.96. The number of rotatable bonds is 2. The first kappa shape index (κ1) is 11.0. The van der Waals surface area contributed by atoms with Crippen LogP contribution in [0.3, 0.4) is 0 Å². The Morgan fingerprint density at radius 1 is 1.00 bits per heavy atom. The molecule has 16 heavy (non-hydrogen) atoms. The lowest BCUT2D eigenvalue weighted by atomic mass is 9.96. The maximum Gasteiger partial charge on any atom is 0.0239 e. The number of nitrogens with zero attached hydrogens (tertiary/aromatic N) is 3. The van der Waals surface area contributed by atoms with Crippen LogP contribution in [0.1, 0.15) is 19.3 Å². The number of hydrogen-bond acceptors (Lipinski definition) is 3. The van der Waals surface area contributed by atoms with E-state index in [-0.39, 0.29) is 0 Å². The average molecular weight is 223 g/mol. The second-order valence-corrected chi connectivity index (χ2v) is 6.18. The lowest BCUT2D eigenvalue weighted by Gasteiger charge is -2.36. The fourth-order valence-electron chi connectivity index (χ4n) is 3.75. The van der Waals surface area contributed by atoms with Gasteiger partial charge in [0.05, 0.1) is 0 Å². The molecule has 0 N–H and O–H groups in total. The van der Waals surface area contributed by atoms with E-state index in [1.807, 2.05) is 0 Å². The van der Waals surface area contributed by atoms with E-state index in [0.29, 0.717) is 0 Å². The highest BCUT2D eigenvalue weighted by Gasteiger charge is 2.41. The van der Waals surface area contributed by atoms with Gasteiger partial charge in [-0.25, -0.2) is 0 Å². The molecule has 92 valence electrons. The maximum absolute atomic E-state index is 2.78. The molecular weight excluding hydrogens is 198 g/mol. The predicted molar refractivity (Wildman–Crippen MR) is 66.6 cm³/mol. The van der Waals surface area contributed by atoms with E-state index in [2.05, 4.69) is 28.8 Å². The van der Waals surface area contributed by atoms with Crippen LogP contribution in [-0.2, 0) is 0 Å². The van der Waals surface area contributed by atoms with Crippen LogP contribution in [0.4, 0.5) is 0 Å². The van der Waals surface area contributed by atoms with E-state index in [9.17, 15) is 0 Å². The van der Waals surface area contributed by atoms with Gasteiger partial charge in [-0.1, -0.05) is 0 Å². The van der Waals surface area contributed by atoms with E-state index < -0.39 is 0 Å². The standard InChI is InChI=1S/C13H25N3/c1-14-5-3-11(4-6-14)8-16-10-12-7-13(16)9-15(12)2/h11-13H,3-10H2,1-2H3. The fraction of sp³-hybridized carbons (Fsp3) is 1.00.